The second-order valence-electron chi connectivity index (χ2n) is 10.3. The topological polar surface area (TPSA) is 74.4 Å². The Morgan fingerprint density at radius 2 is 1.10 bits per heavy atom. The third-order valence-electron chi connectivity index (χ3n) is 7.01. The van der Waals surface area contributed by atoms with Crippen LogP contribution in [0, 0.1) is 0 Å². The van der Waals surface area contributed by atoms with Crippen LogP contribution >= 0.6 is 23.2 Å². The van der Waals surface area contributed by atoms with E-state index in [0.29, 0.717) is 23.4 Å². The summed E-state index contributed by atoms with van der Waals surface area (Å²) in [7, 11) is 0. The molecule has 3 aromatic rings. The minimum absolute atomic E-state index is 0.00748. The molecule has 0 aromatic heterocycles. The van der Waals surface area contributed by atoms with E-state index in [4.69, 9.17) is 27.9 Å². The van der Waals surface area contributed by atoms with E-state index in [9.17, 15) is 10.2 Å². The van der Waals surface area contributed by atoms with Crippen LogP contribution < -0.4 is 4.74 Å². The van der Waals surface area contributed by atoms with Crippen LogP contribution in [0.5, 0.6) is 23.0 Å². The van der Waals surface area contributed by atoms with Gasteiger partial charge in [0, 0.05) is 5.56 Å². The van der Waals surface area contributed by atoms with Crippen LogP contribution in [0.15, 0.2) is 64.8 Å². The zero-order valence-corrected chi connectivity index (χ0v) is 25.1. The highest BCUT2D eigenvalue weighted by atomic mass is 35.5. The van der Waals surface area contributed by atoms with Gasteiger partial charge in [-0.05, 0) is 49.2 Å². The number of phenolic OH excluding ortho intramolecular Hbond substituents is 2. The highest BCUT2D eigenvalue weighted by molar-refractivity contribution is 6.39. The van der Waals surface area contributed by atoms with E-state index in [-0.39, 0.29) is 27.3 Å². The molecular weight excluding hydrogens is 543 g/mol. The third kappa shape index (κ3) is 10.3. The molecule has 0 atom stereocenters. The van der Waals surface area contributed by atoms with Gasteiger partial charge in [-0.25, -0.2) is 0 Å². The minimum atomic E-state index is -0.283. The van der Waals surface area contributed by atoms with Crippen LogP contribution in [-0.4, -0.2) is 10.2 Å². The van der Waals surface area contributed by atoms with Gasteiger partial charge < -0.3 is 14.9 Å². The smallest absolute Gasteiger partial charge is 0.191 e. The number of hydrogen-bond acceptors (Lipinski definition) is 5. The van der Waals surface area contributed by atoms with E-state index in [0.717, 1.165) is 24.9 Å². The molecule has 0 amide bonds. The Labute approximate surface area is 249 Å². The van der Waals surface area contributed by atoms with Gasteiger partial charge in [-0.3, -0.25) is 0 Å². The van der Waals surface area contributed by atoms with Gasteiger partial charge in [-0.1, -0.05) is 125 Å². The number of rotatable bonds is 18. The van der Waals surface area contributed by atoms with Crippen LogP contribution in [0.2, 0.25) is 10.0 Å². The lowest BCUT2D eigenvalue weighted by atomic mass is 10.0. The zero-order valence-electron chi connectivity index (χ0n) is 23.5. The molecule has 0 spiro atoms. The van der Waals surface area contributed by atoms with Crippen molar-refractivity contribution in [2.45, 2.75) is 96.8 Å². The normalized spacial score (nSPS) is 11.4. The highest BCUT2D eigenvalue weighted by Crippen LogP contribution is 2.50. The van der Waals surface area contributed by atoms with Crippen LogP contribution in [-0.2, 0) is 6.42 Å². The van der Waals surface area contributed by atoms with Crippen molar-refractivity contribution in [1.29, 1.82) is 0 Å². The fourth-order valence-corrected chi connectivity index (χ4v) is 5.19. The molecule has 7 heteroatoms. The number of ether oxygens (including phenoxy) is 1. The van der Waals surface area contributed by atoms with Crippen molar-refractivity contribution in [2.24, 2.45) is 10.2 Å². The summed E-state index contributed by atoms with van der Waals surface area (Å²) in [6.07, 6.45) is 16.9. The quantitative estimate of drug-likeness (QED) is 0.0886. The maximum Gasteiger partial charge on any atom is 0.191 e. The van der Waals surface area contributed by atoms with Crippen LogP contribution in [0.3, 0.4) is 0 Å². The lowest BCUT2D eigenvalue weighted by Gasteiger charge is -2.16. The number of benzene rings is 3. The number of hydrogen-bond donors (Lipinski definition) is 2. The summed E-state index contributed by atoms with van der Waals surface area (Å²) in [5, 5.41) is 29.8. The molecule has 0 unspecified atom stereocenters. The average molecular weight is 586 g/mol. The first kappa shape index (κ1) is 31.8. The van der Waals surface area contributed by atoms with Gasteiger partial charge in [0.15, 0.2) is 17.2 Å². The largest absolute Gasteiger partial charge is 0.505 e. The third-order valence-corrected chi connectivity index (χ3v) is 7.76. The van der Waals surface area contributed by atoms with Crippen LogP contribution in [0.25, 0.3) is 0 Å². The summed E-state index contributed by atoms with van der Waals surface area (Å²) >= 11 is 12.7. The predicted octanol–water partition coefficient (Wildman–Crippen LogP) is 12.2. The molecule has 0 aliphatic rings. The van der Waals surface area contributed by atoms with E-state index in [1.165, 1.54) is 64.2 Å². The first-order valence-corrected chi connectivity index (χ1v) is 15.4. The maximum absolute atomic E-state index is 11.0. The van der Waals surface area contributed by atoms with E-state index in [1.807, 2.05) is 30.3 Å². The molecule has 0 bridgehead atoms. The lowest BCUT2D eigenvalue weighted by molar-refractivity contribution is 0.398. The standard InChI is InChI=1S/C33H42Cl2N2O3/c1-2-3-4-5-6-7-8-9-10-11-12-13-17-20-28-29(34)32(39)30(35)33(31(28)38)40-27-23-21-26(22-24-27)37-36-25-18-15-14-16-19-25/h14-16,18-19,21-24,38-39H,2-13,17,20H2,1H3. The number of aromatic hydroxyl groups is 2. The number of nitrogens with zero attached hydrogens (tertiary/aromatic N) is 2. The average Bonchev–Trinajstić information content (AvgIpc) is 2.98. The first-order valence-electron chi connectivity index (χ1n) is 14.7. The lowest BCUT2D eigenvalue weighted by Crippen LogP contribution is -1.95. The molecule has 0 heterocycles. The molecule has 0 aliphatic heterocycles. The summed E-state index contributed by atoms with van der Waals surface area (Å²) in [5.74, 6) is 0.00472. The van der Waals surface area contributed by atoms with E-state index >= 15 is 0 Å². The van der Waals surface area contributed by atoms with E-state index in [1.54, 1.807) is 24.3 Å². The van der Waals surface area contributed by atoms with Crippen molar-refractivity contribution in [2.75, 3.05) is 0 Å². The predicted molar refractivity (Wildman–Crippen MR) is 166 cm³/mol. The van der Waals surface area contributed by atoms with Gasteiger partial charge in [-0.15, -0.1) is 0 Å². The number of halogens is 2. The second-order valence-corrected chi connectivity index (χ2v) is 11.0. The van der Waals surface area contributed by atoms with Gasteiger partial charge in [-0.2, -0.15) is 10.2 Å². The summed E-state index contributed by atoms with van der Waals surface area (Å²) in [6.45, 7) is 2.26. The molecule has 2 N–H and O–H groups in total. The Balaban J connectivity index is 1.47. The van der Waals surface area contributed by atoms with Crippen molar-refractivity contribution in [3.05, 3.63) is 70.2 Å². The van der Waals surface area contributed by atoms with Crippen molar-refractivity contribution < 1.29 is 14.9 Å². The fourth-order valence-electron chi connectivity index (χ4n) is 4.64. The van der Waals surface area contributed by atoms with Crippen LogP contribution in [0.1, 0.15) is 96.0 Å². The van der Waals surface area contributed by atoms with Gasteiger partial charge >= 0.3 is 0 Å². The van der Waals surface area contributed by atoms with Gasteiger partial charge in [0.2, 0.25) is 0 Å². The molecular formula is C33H42Cl2N2O3. The number of phenols is 2. The first-order chi connectivity index (χ1) is 19.5. The fraction of sp³-hybridized carbons (Fsp3) is 0.455. The van der Waals surface area contributed by atoms with Crippen molar-refractivity contribution in [3.8, 4) is 23.0 Å². The maximum atomic E-state index is 11.0. The van der Waals surface area contributed by atoms with Crippen molar-refractivity contribution >= 4 is 34.6 Å². The molecule has 0 aliphatic carbocycles. The van der Waals surface area contributed by atoms with Gasteiger partial charge in [0.25, 0.3) is 0 Å². The molecule has 3 rings (SSSR count). The molecule has 216 valence electrons. The van der Waals surface area contributed by atoms with Gasteiger partial charge in [0.1, 0.15) is 10.8 Å². The number of azo groups is 1. The molecule has 40 heavy (non-hydrogen) atoms. The molecule has 0 saturated heterocycles. The van der Waals surface area contributed by atoms with E-state index in [2.05, 4.69) is 17.2 Å². The van der Waals surface area contributed by atoms with E-state index < -0.39 is 0 Å². The van der Waals surface area contributed by atoms with Crippen LogP contribution in [0.4, 0.5) is 11.4 Å². The summed E-state index contributed by atoms with van der Waals surface area (Å²) in [6, 6.07) is 16.4. The summed E-state index contributed by atoms with van der Waals surface area (Å²) in [5.41, 5.74) is 1.86. The molecule has 3 aromatic carbocycles. The Hall–Kier alpha value is -2.76. The Kier molecular flexibility index (Phi) is 14.2. The number of unbranched alkanes of at least 4 members (excludes halogenated alkanes) is 12. The molecule has 0 radical (unpaired) electrons. The van der Waals surface area contributed by atoms with Crippen molar-refractivity contribution in [1.82, 2.24) is 0 Å². The Bertz CT molecular complexity index is 1180. The molecule has 0 saturated carbocycles. The Morgan fingerprint density at radius 1 is 0.600 bits per heavy atom. The second kappa shape index (κ2) is 17.8. The Morgan fingerprint density at radius 3 is 1.65 bits per heavy atom. The van der Waals surface area contributed by atoms with Crippen molar-refractivity contribution in [3.63, 3.8) is 0 Å². The highest BCUT2D eigenvalue weighted by Gasteiger charge is 2.23. The molecule has 0 fully saturated rings. The zero-order chi connectivity index (χ0) is 28.6. The SMILES string of the molecule is CCCCCCCCCCCCCCCc1c(O)c(Oc2ccc(N=Nc3ccccc3)cc2)c(Cl)c(O)c1Cl. The summed E-state index contributed by atoms with van der Waals surface area (Å²) < 4.78 is 5.88. The minimum Gasteiger partial charge on any atom is -0.505 e. The molecule has 5 nitrogen and oxygen atoms in total. The summed E-state index contributed by atoms with van der Waals surface area (Å²) in [4.78, 5) is 0. The van der Waals surface area contributed by atoms with Gasteiger partial charge in [0.05, 0.1) is 16.4 Å². The monoisotopic (exact) mass is 584 g/mol.